The molecule has 25 heavy (non-hydrogen) atoms. The topological polar surface area (TPSA) is 49.3 Å². The van der Waals surface area contributed by atoms with Crippen molar-refractivity contribution in [2.24, 2.45) is 0 Å². The van der Waals surface area contributed by atoms with Crippen LogP contribution >= 0.6 is 11.3 Å². The summed E-state index contributed by atoms with van der Waals surface area (Å²) in [5.74, 6) is 1.84. The van der Waals surface area contributed by atoms with Gasteiger partial charge in [-0.1, -0.05) is 6.42 Å². The standard InChI is InChI=1S/C19H22N4OS/c1-11-8-13-15(9-22(2)19(13)24)20-17(11)23-7-6-14-16(10-23)25-18(21-14)12-4-3-5-12/h8,12H,3-7,9-10H2,1-2H3. The number of carbonyl (C=O) groups is 1. The molecular formula is C19H22N4OS. The second kappa shape index (κ2) is 5.53. The summed E-state index contributed by atoms with van der Waals surface area (Å²) in [4.78, 5) is 27.5. The molecule has 4 heterocycles. The Labute approximate surface area is 151 Å². The molecule has 3 aliphatic rings. The zero-order valence-corrected chi connectivity index (χ0v) is 15.5. The Morgan fingerprint density at radius 2 is 2.04 bits per heavy atom. The molecule has 0 unspecified atom stereocenters. The van der Waals surface area contributed by atoms with Crippen molar-refractivity contribution in [3.63, 3.8) is 0 Å². The van der Waals surface area contributed by atoms with Crippen LogP contribution in [-0.2, 0) is 19.5 Å². The predicted octanol–water partition coefficient (Wildman–Crippen LogP) is 3.26. The normalized spacial score (nSPS) is 19.8. The maximum absolute atomic E-state index is 12.2. The maximum Gasteiger partial charge on any atom is 0.255 e. The molecule has 0 atom stereocenters. The van der Waals surface area contributed by atoms with Gasteiger partial charge in [-0.05, 0) is 31.4 Å². The van der Waals surface area contributed by atoms with Gasteiger partial charge in [0.25, 0.3) is 5.91 Å². The molecule has 2 aromatic rings. The van der Waals surface area contributed by atoms with Crippen molar-refractivity contribution < 1.29 is 4.79 Å². The van der Waals surface area contributed by atoms with E-state index in [0.717, 1.165) is 42.1 Å². The smallest absolute Gasteiger partial charge is 0.255 e. The van der Waals surface area contributed by atoms with E-state index in [-0.39, 0.29) is 5.91 Å². The van der Waals surface area contributed by atoms with E-state index in [1.807, 2.05) is 24.5 Å². The van der Waals surface area contributed by atoms with Crippen molar-refractivity contribution in [3.05, 3.63) is 38.5 Å². The lowest BCUT2D eigenvalue weighted by atomic mass is 9.86. The highest BCUT2D eigenvalue weighted by atomic mass is 32.1. The van der Waals surface area contributed by atoms with Crippen LogP contribution in [0.2, 0.25) is 0 Å². The summed E-state index contributed by atoms with van der Waals surface area (Å²) in [5.41, 5.74) is 4.08. The number of hydrogen-bond donors (Lipinski definition) is 0. The number of amides is 1. The van der Waals surface area contributed by atoms with Gasteiger partial charge >= 0.3 is 0 Å². The van der Waals surface area contributed by atoms with E-state index < -0.39 is 0 Å². The first kappa shape index (κ1) is 15.3. The first-order valence-corrected chi connectivity index (χ1v) is 9.91. The van der Waals surface area contributed by atoms with Gasteiger partial charge in [0, 0.05) is 30.8 Å². The fourth-order valence-corrected chi connectivity index (χ4v) is 5.29. The van der Waals surface area contributed by atoms with E-state index in [2.05, 4.69) is 11.8 Å². The number of anilines is 1. The minimum absolute atomic E-state index is 0.0886. The Morgan fingerprint density at radius 1 is 1.20 bits per heavy atom. The highest BCUT2D eigenvalue weighted by Gasteiger charge is 2.30. The lowest BCUT2D eigenvalue weighted by Crippen LogP contribution is -2.31. The highest BCUT2D eigenvalue weighted by Crippen LogP contribution is 2.40. The van der Waals surface area contributed by atoms with Crippen LogP contribution in [0.15, 0.2) is 6.07 Å². The number of fused-ring (bicyclic) bond motifs is 2. The Hall–Kier alpha value is -1.95. The summed E-state index contributed by atoms with van der Waals surface area (Å²) in [6.45, 7) is 4.54. The van der Waals surface area contributed by atoms with Crippen LogP contribution in [0.25, 0.3) is 0 Å². The Balaban J connectivity index is 1.44. The number of aromatic nitrogens is 2. The van der Waals surface area contributed by atoms with Crippen LogP contribution in [0.5, 0.6) is 0 Å². The molecule has 1 aliphatic carbocycles. The van der Waals surface area contributed by atoms with Gasteiger partial charge in [-0.25, -0.2) is 9.97 Å². The lowest BCUT2D eigenvalue weighted by Gasteiger charge is -2.28. The molecule has 130 valence electrons. The zero-order valence-electron chi connectivity index (χ0n) is 14.7. The van der Waals surface area contributed by atoms with Gasteiger partial charge in [0.05, 0.1) is 35.0 Å². The first-order chi connectivity index (χ1) is 12.1. The molecular weight excluding hydrogens is 332 g/mol. The molecule has 5 rings (SSSR count). The molecule has 1 amide bonds. The van der Waals surface area contributed by atoms with E-state index in [9.17, 15) is 4.79 Å². The molecule has 0 bridgehead atoms. The van der Waals surface area contributed by atoms with Gasteiger partial charge in [-0.15, -0.1) is 11.3 Å². The third kappa shape index (κ3) is 2.38. The lowest BCUT2D eigenvalue weighted by molar-refractivity contribution is 0.0816. The van der Waals surface area contributed by atoms with Gasteiger partial charge < -0.3 is 9.80 Å². The second-order valence-corrected chi connectivity index (χ2v) is 8.62. The first-order valence-electron chi connectivity index (χ1n) is 9.09. The molecule has 0 radical (unpaired) electrons. The molecule has 0 spiro atoms. The number of pyridine rings is 1. The number of hydrogen-bond acceptors (Lipinski definition) is 5. The Bertz CT molecular complexity index is 871. The maximum atomic E-state index is 12.2. The van der Waals surface area contributed by atoms with E-state index >= 15 is 0 Å². The number of aryl methyl sites for hydroxylation is 1. The summed E-state index contributed by atoms with van der Waals surface area (Å²) in [6, 6.07) is 2.02. The number of carbonyl (C=O) groups excluding carboxylic acids is 1. The monoisotopic (exact) mass is 354 g/mol. The largest absolute Gasteiger partial charge is 0.351 e. The predicted molar refractivity (Wildman–Crippen MR) is 98.2 cm³/mol. The molecule has 6 heteroatoms. The SMILES string of the molecule is Cc1cc2c(nc1N1CCc3nc(C4CCC4)sc3C1)CN(C)C2=O. The molecule has 0 aromatic carbocycles. The number of rotatable bonds is 2. The highest BCUT2D eigenvalue weighted by molar-refractivity contribution is 7.11. The molecule has 5 nitrogen and oxygen atoms in total. The number of thiazole rings is 1. The van der Waals surface area contributed by atoms with E-state index in [1.165, 1.54) is 34.8 Å². The molecule has 1 fully saturated rings. The van der Waals surface area contributed by atoms with Crippen molar-refractivity contribution in [3.8, 4) is 0 Å². The van der Waals surface area contributed by atoms with Crippen molar-refractivity contribution in [2.45, 2.75) is 51.6 Å². The summed E-state index contributed by atoms with van der Waals surface area (Å²) < 4.78 is 0. The van der Waals surface area contributed by atoms with E-state index in [4.69, 9.17) is 9.97 Å². The molecule has 1 saturated carbocycles. The Morgan fingerprint density at radius 3 is 2.80 bits per heavy atom. The summed E-state index contributed by atoms with van der Waals surface area (Å²) in [5, 5.41) is 1.35. The minimum Gasteiger partial charge on any atom is -0.351 e. The van der Waals surface area contributed by atoms with Crippen LogP contribution in [0.4, 0.5) is 5.82 Å². The third-order valence-corrected chi connectivity index (χ3v) is 6.98. The van der Waals surface area contributed by atoms with E-state index in [0.29, 0.717) is 12.5 Å². The van der Waals surface area contributed by atoms with Gasteiger partial charge in [-0.3, -0.25) is 4.79 Å². The van der Waals surface area contributed by atoms with Crippen molar-refractivity contribution in [2.75, 3.05) is 18.5 Å². The van der Waals surface area contributed by atoms with Gasteiger partial charge in [0.15, 0.2) is 0 Å². The second-order valence-electron chi connectivity index (χ2n) is 7.51. The fourth-order valence-electron chi connectivity index (χ4n) is 3.99. The van der Waals surface area contributed by atoms with Crippen LogP contribution in [0, 0.1) is 6.92 Å². The fraction of sp³-hybridized carbons (Fsp3) is 0.526. The number of nitrogens with zero attached hydrogens (tertiary/aromatic N) is 4. The van der Waals surface area contributed by atoms with Crippen LogP contribution < -0.4 is 4.90 Å². The van der Waals surface area contributed by atoms with Crippen LogP contribution in [0.3, 0.4) is 0 Å². The molecule has 2 aromatic heterocycles. The van der Waals surface area contributed by atoms with Crippen LogP contribution in [-0.4, -0.2) is 34.4 Å². The van der Waals surface area contributed by atoms with Crippen molar-refractivity contribution in [1.82, 2.24) is 14.9 Å². The molecule has 2 aliphatic heterocycles. The van der Waals surface area contributed by atoms with E-state index in [1.54, 1.807) is 4.90 Å². The summed E-state index contributed by atoms with van der Waals surface area (Å²) in [6.07, 6.45) is 4.97. The quantitative estimate of drug-likeness (QED) is 0.831. The Kier molecular flexibility index (Phi) is 3.39. The van der Waals surface area contributed by atoms with Crippen molar-refractivity contribution >= 4 is 23.1 Å². The van der Waals surface area contributed by atoms with Crippen molar-refractivity contribution in [1.29, 1.82) is 0 Å². The average molecular weight is 354 g/mol. The minimum atomic E-state index is 0.0886. The summed E-state index contributed by atoms with van der Waals surface area (Å²) >= 11 is 1.91. The van der Waals surface area contributed by atoms with Gasteiger partial charge in [0.1, 0.15) is 5.82 Å². The third-order valence-electron chi connectivity index (χ3n) is 5.73. The molecule has 0 N–H and O–H groups in total. The van der Waals surface area contributed by atoms with Gasteiger partial charge in [-0.2, -0.15) is 0 Å². The average Bonchev–Trinajstić information content (AvgIpc) is 3.06. The molecule has 0 saturated heterocycles. The van der Waals surface area contributed by atoms with Crippen LogP contribution in [0.1, 0.15) is 62.4 Å². The van der Waals surface area contributed by atoms with Gasteiger partial charge in [0.2, 0.25) is 0 Å². The zero-order chi connectivity index (χ0) is 17.1. The summed E-state index contributed by atoms with van der Waals surface area (Å²) in [7, 11) is 1.84.